The average Bonchev–Trinajstić information content (AvgIpc) is 2.65. The Morgan fingerprint density at radius 3 is 2.22 bits per heavy atom. The minimum absolute atomic E-state index is 0.337. The lowest BCUT2D eigenvalue weighted by Crippen LogP contribution is -2.54. The van der Waals surface area contributed by atoms with Gasteiger partial charge >= 0.3 is 0 Å². The maximum absolute atomic E-state index is 11.3. The van der Waals surface area contributed by atoms with Gasteiger partial charge in [0.2, 0.25) is 0 Å². The quantitative estimate of drug-likeness (QED) is 0.746. The molecule has 2 saturated carbocycles. The summed E-state index contributed by atoms with van der Waals surface area (Å²) >= 11 is 0. The fraction of sp³-hybridized carbons (Fsp3) is 0.938. The molecule has 2 aliphatic rings. The minimum Gasteiger partial charge on any atom is -0.388 e. The molecule has 0 aromatic heterocycles. The third kappa shape index (κ3) is 2.18. The number of nitriles is 1. The van der Waals surface area contributed by atoms with Gasteiger partial charge < -0.3 is 5.11 Å². The van der Waals surface area contributed by atoms with Gasteiger partial charge in [0.25, 0.3) is 0 Å². The van der Waals surface area contributed by atoms with Crippen LogP contribution in [0.3, 0.4) is 0 Å². The van der Waals surface area contributed by atoms with Crippen LogP contribution in [-0.2, 0) is 0 Å². The van der Waals surface area contributed by atoms with Crippen LogP contribution in [0.25, 0.3) is 0 Å². The van der Waals surface area contributed by atoms with Crippen molar-refractivity contribution in [2.75, 3.05) is 0 Å². The zero-order chi connectivity index (χ0) is 13.1. The predicted molar refractivity (Wildman–Crippen MR) is 72.9 cm³/mol. The zero-order valence-electron chi connectivity index (χ0n) is 11.7. The third-order valence-electron chi connectivity index (χ3n) is 5.53. The summed E-state index contributed by atoms with van der Waals surface area (Å²) in [4.78, 5) is 0. The van der Waals surface area contributed by atoms with Gasteiger partial charge in [0, 0.05) is 0 Å². The van der Waals surface area contributed by atoms with Crippen LogP contribution in [0.1, 0.15) is 77.6 Å². The van der Waals surface area contributed by atoms with E-state index in [0.29, 0.717) is 5.92 Å². The van der Waals surface area contributed by atoms with Gasteiger partial charge in [-0.1, -0.05) is 51.9 Å². The summed E-state index contributed by atoms with van der Waals surface area (Å²) in [6.45, 7) is 2.17. The molecular weight excluding hydrogens is 222 g/mol. The monoisotopic (exact) mass is 249 g/mol. The molecule has 0 aromatic carbocycles. The second kappa shape index (κ2) is 5.61. The van der Waals surface area contributed by atoms with Crippen LogP contribution in [0, 0.1) is 22.7 Å². The van der Waals surface area contributed by atoms with Crippen LogP contribution in [-0.4, -0.2) is 10.7 Å². The highest BCUT2D eigenvalue weighted by molar-refractivity contribution is 5.14. The standard InChI is InChI=1S/C16H27NO/c1-2-14-9-5-8-12-16(14,18)15(13-17)10-6-3-4-7-11-15/h14,18H,2-12H2,1H3. The van der Waals surface area contributed by atoms with Crippen LogP contribution in [0.4, 0.5) is 0 Å². The van der Waals surface area contributed by atoms with Crippen molar-refractivity contribution in [3.05, 3.63) is 0 Å². The van der Waals surface area contributed by atoms with Crippen LogP contribution in [0.15, 0.2) is 0 Å². The molecule has 0 radical (unpaired) electrons. The summed E-state index contributed by atoms with van der Waals surface area (Å²) in [5, 5.41) is 21.1. The molecule has 2 fully saturated rings. The molecule has 0 amide bonds. The van der Waals surface area contributed by atoms with Crippen molar-refractivity contribution in [1.29, 1.82) is 5.26 Å². The largest absolute Gasteiger partial charge is 0.388 e. The molecule has 2 atom stereocenters. The fourth-order valence-electron chi connectivity index (χ4n) is 4.37. The number of hydrogen-bond acceptors (Lipinski definition) is 2. The van der Waals surface area contributed by atoms with Gasteiger partial charge in [-0.2, -0.15) is 5.26 Å². The van der Waals surface area contributed by atoms with Crippen molar-refractivity contribution >= 4 is 0 Å². The molecule has 0 heterocycles. The zero-order valence-corrected chi connectivity index (χ0v) is 11.7. The van der Waals surface area contributed by atoms with Crippen molar-refractivity contribution in [1.82, 2.24) is 0 Å². The summed E-state index contributed by atoms with van der Waals surface area (Å²) in [5.41, 5.74) is -1.16. The summed E-state index contributed by atoms with van der Waals surface area (Å²) in [6.07, 6.45) is 11.8. The van der Waals surface area contributed by atoms with Crippen LogP contribution >= 0.6 is 0 Å². The fourth-order valence-corrected chi connectivity index (χ4v) is 4.37. The normalized spacial score (nSPS) is 36.6. The Morgan fingerprint density at radius 1 is 1.06 bits per heavy atom. The Labute approximate surface area is 111 Å². The maximum Gasteiger partial charge on any atom is 0.0863 e. The first-order valence-electron chi connectivity index (χ1n) is 7.82. The second-order valence-electron chi connectivity index (χ2n) is 6.38. The molecule has 0 saturated heterocycles. The van der Waals surface area contributed by atoms with Crippen molar-refractivity contribution in [2.45, 2.75) is 83.2 Å². The molecule has 0 bridgehead atoms. The second-order valence-corrected chi connectivity index (χ2v) is 6.38. The lowest BCUT2D eigenvalue weighted by Gasteiger charge is -2.50. The van der Waals surface area contributed by atoms with Crippen molar-refractivity contribution in [3.63, 3.8) is 0 Å². The summed E-state index contributed by atoms with van der Waals surface area (Å²) in [7, 11) is 0. The predicted octanol–water partition coefficient (Wildman–Crippen LogP) is 4.18. The summed E-state index contributed by atoms with van der Waals surface area (Å²) < 4.78 is 0. The van der Waals surface area contributed by atoms with Gasteiger partial charge in [0.15, 0.2) is 0 Å². The molecule has 102 valence electrons. The SMILES string of the molecule is CCC1CCCCC1(O)C1(C#N)CCCCCC1. The Bertz CT molecular complexity index is 312. The molecule has 0 spiro atoms. The van der Waals surface area contributed by atoms with E-state index < -0.39 is 11.0 Å². The van der Waals surface area contributed by atoms with Gasteiger partial charge in [-0.15, -0.1) is 0 Å². The smallest absolute Gasteiger partial charge is 0.0863 e. The molecular formula is C16H27NO. The topological polar surface area (TPSA) is 44.0 Å². The van der Waals surface area contributed by atoms with Gasteiger partial charge in [0.1, 0.15) is 0 Å². The number of hydrogen-bond donors (Lipinski definition) is 1. The Kier molecular flexibility index (Phi) is 4.33. The lowest BCUT2D eigenvalue weighted by molar-refractivity contribution is -0.131. The third-order valence-corrected chi connectivity index (χ3v) is 5.53. The van der Waals surface area contributed by atoms with Crippen LogP contribution in [0.2, 0.25) is 0 Å². The number of aliphatic hydroxyl groups is 1. The molecule has 2 aliphatic carbocycles. The lowest BCUT2D eigenvalue weighted by atomic mass is 9.57. The number of rotatable bonds is 2. The summed E-state index contributed by atoms with van der Waals surface area (Å²) in [6, 6.07) is 2.58. The molecule has 0 aliphatic heterocycles. The van der Waals surface area contributed by atoms with E-state index in [1.54, 1.807) is 0 Å². The Balaban J connectivity index is 2.30. The van der Waals surface area contributed by atoms with Gasteiger partial charge in [-0.05, 0) is 31.6 Å². The Hall–Kier alpha value is -0.550. The van der Waals surface area contributed by atoms with Gasteiger partial charge in [-0.3, -0.25) is 0 Å². The van der Waals surface area contributed by atoms with E-state index in [2.05, 4.69) is 13.0 Å². The van der Waals surface area contributed by atoms with E-state index in [-0.39, 0.29) is 0 Å². The Morgan fingerprint density at radius 2 is 1.67 bits per heavy atom. The van der Waals surface area contributed by atoms with Gasteiger partial charge in [0.05, 0.1) is 17.1 Å². The van der Waals surface area contributed by atoms with Crippen LogP contribution < -0.4 is 0 Å². The average molecular weight is 249 g/mol. The maximum atomic E-state index is 11.3. The first kappa shape index (κ1) is 13.9. The van der Waals surface area contributed by atoms with Crippen molar-refractivity contribution in [2.24, 2.45) is 11.3 Å². The summed E-state index contributed by atoms with van der Waals surface area (Å²) in [5.74, 6) is 0.337. The molecule has 1 N–H and O–H groups in total. The van der Waals surface area contributed by atoms with E-state index in [1.807, 2.05) is 0 Å². The van der Waals surface area contributed by atoms with E-state index >= 15 is 0 Å². The number of nitrogens with zero attached hydrogens (tertiary/aromatic N) is 1. The van der Waals surface area contributed by atoms with E-state index in [9.17, 15) is 10.4 Å². The van der Waals surface area contributed by atoms with Gasteiger partial charge in [-0.25, -0.2) is 0 Å². The van der Waals surface area contributed by atoms with Crippen LogP contribution in [0.5, 0.6) is 0 Å². The van der Waals surface area contributed by atoms with E-state index in [1.165, 1.54) is 19.3 Å². The molecule has 2 nitrogen and oxygen atoms in total. The highest BCUT2D eigenvalue weighted by Gasteiger charge is 2.54. The highest BCUT2D eigenvalue weighted by Crippen LogP contribution is 2.53. The first-order valence-corrected chi connectivity index (χ1v) is 7.82. The molecule has 2 heteroatoms. The molecule has 2 unspecified atom stereocenters. The van der Waals surface area contributed by atoms with Crippen molar-refractivity contribution in [3.8, 4) is 6.07 Å². The molecule has 18 heavy (non-hydrogen) atoms. The molecule has 0 aromatic rings. The molecule has 2 rings (SSSR count). The minimum atomic E-state index is -0.709. The van der Waals surface area contributed by atoms with E-state index in [0.717, 1.165) is 51.4 Å². The highest BCUT2D eigenvalue weighted by atomic mass is 16.3. The van der Waals surface area contributed by atoms with Crippen molar-refractivity contribution < 1.29 is 5.11 Å². The first-order chi connectivity index (χ1) is 8.68. The van der Waals surface area contributed by atoms with E-state index in [4.69, 9.17) is 0 Å².